The largest absolute Gasteiger partial charge is 0.396 e. The molecule has 7 nitrogen and oxygen atoms in total. The Bertz CT molecular complexity index is 2920. The van der Waals surface area contributed by atoms with E-state index >= 15 is 0 Å². The lowest BCUT2D eigenvalue weighted by atomic mass is 9.96. The summed E-state index contributed by atoms with van der Waals surface area (Å²) in [6, 6.07) is 44.9. The highest BCUT2D eigenvalue weighted by atomic mass is 16.1. The van der Waals surface area contributed by atoms with Crippen molar-refractivity contribution in [1.82, 2.24) is 19.9 Å². The Hall–Kier alpha value is -7.38. The quantitative estimate of drug-likeness (QED) is 0.171. The third-order valence-electron chi connectivity index (χ3n) is 10.1. The Morgan fingerprint density at radius 2 is 0.830 bits per heavy atom. The minimum atomic E-state index is -0.344. The molecule has 0 radical (unpaired) electrons. The van der Waals surface area contributed by atoms with Crippen molar-refractivity contribution in [2.45, 2.75) is 0 Å². The fourth-order valence-electron chi connectivity index (χ4n) is 7.71. The molecular formula is C46H29N5O2. The van der Waals surface area contributed by atoms with Crippen LogP contribution in [-0.2, 0) is 0 Å². The molecule has 0 unspecified atom stereocenters. The summed E-state index contributed by atoms with van der Waals surface area (Å²) in [6.07, 6.45) is 4.08. The zero-order valence-corrected chi connectivity index (χ0v) is 28.2. The highest BCUT2D eigenvalue weighted by Crippen LogP contribution is 2.42. The normalized spacial score (nSPS) is 13.3. The van der Waals surface area contributed by atoms with Gasteiger partial charge in [0.05, 0.1) is 45.1 Å². The number of nitrogens with two attached hydrogens (primary N) is 1. The van der Waals surface area contributed by atoms with E-state index in [9.17, 15) is 9.59 Å². The Kier molecular flexibility index (Phi) is 6.81. The molecule has 0 spiro atoms. The second-order valence-corrected chi connectivity index (χ2v) is 13.2. The molecule has 10 rings (SSSR count). The molecule has 7 heteroatoms. The molecule has 53 heavy (non-hydrogen) atoms. The van der Waals surface area contributed by atoms with Crippen molar-refractivity contribution in [2.75, 3.05) is 0 Å². The number of aromatic amines is 2. The Balaban J connectivity index is 1.45. The average Bonchev–Trinajstić information content (AvgIpc) is 4.02. The maximum absolute atomic E-state index is 14.7. The van der Waals surface area contributed by atoms with Gasteiger partial charge in [0.1, 0.15) is 0 Å². The first-order valence-corrected chi connectivity index (χ1v) is 17.4. The van der Waals surface area contributed by atoms with Crippen molar-refractivity contribution in [3.05, 3.63) is 179 Å². The second kappa shape index (κ2) is 11.9. The van der Waals surface area contributed by atoms with Gasteiger partial charge in [-0.1, -0.05) is 115 Å². The predicted molar refractivity (Wildman–Crippen MR) is 211 cm³/mol. The molecule has 4 aromatic carbocycles. The zero-order valence-electron chi connectivity index (χ0n) is 28.2. The van der Waals surface area contributed by atoms with Gasteiger partial charge in [-0.15, -0.1) is 0 Å². The van der Waals surface area contributed by atoms with Gasteiger partial charge in [-0.3, -0.25) is 9.59 Å². The van der Waals surface area contributed by atoms with Crippen molar-refractivity contribution < 1.29 is 9.59 Å². The van der Waals surface area contributed by atoms with Gasteiger partial charge in [-0.25, -0.2) is 9.97 Å². The van der Waals surface area contributed by atoms with Gasteiger partial charge < -0.3 is 15.7 Å². The number of fused-ring (bicyclic) bond motifs is 9. The first kappa shape index (κ1) is 30.4. The van der Waals surface area contributed by atoms with Crippen LogP contribution in [0.3, 0.4) is 0 Å². The van der Waals surface area contributed by atoms with Crippen molar-refractivity contribution in [1.29, 1.82) is 0 Å². The lowest BCUT2D eigenvalue weighted by Crippen LogP contribution is -2.08. The molecule has 3 aromatic heterocycles. The highest BCUT2D eigenvalue weighted by molar-refractivity contribution is 6.41. The molecule has 0 amide bonds. The molecule has 250 valence electrons. The number of benzene rings is 4. The van der Waals surface area contributed by atoms with E-state index < -0.39 is 0 Å². The molecule has 4 N–H and O–H groups in total. The average molecular weight is 684 g/mol. The van der Waals surface area contributed by atoms with Crippen LogP contribution in [0.5, 0.6) is 0 Å². The number of H-pyrrole nitrogens is 2. The number of nitrogens with one attached hydrogen (secondary N) is 2. The van der Waals surface area contributed by atoms with E-state index in [0.717, 1.165) is 55.8 Å². The van der Waals surface area contributed by atoms with Crippen LogP contribution in [0, 0.1) is 0 Å². The Labute approximate surface area is 303 Å². The maximum Gasteiger partial charge on any atom is 0.198 e. The van der Waals surface area contributed by atoms with Crippen LogP contribution < -0.4 is 5.73 Å². The maximum atomic E-state index is 14.7. The molecular weight excluding hydrogens is 655 g/mol. The number of allylic oxidation sites excluding steroid dienone is 1. The molecule has 1 aliphatic carbocycles. The summed E-state index contributed by atoms with van der Waals surface area (Å²) in [5, 5.41) is 0. The van der Waals surface area contributed by atoms with E-state index in [0.29, 0.717) is 22.3 Å². The lowest BCUT2D eigenvalue weighted by molar-refractivity contribution is 0.102. The standard InChI is InChI=1S/C46H29N5O2/c47-42-41-43-40(45(52)29-18-10-11-19-30(29)46(41)53)36-25-23-34(50-36)38(27-14-6-2-7-15-27)32-21-20-31(48-32)37(26-12-4-1-5-13-26)33-22-24-35(49-33)39(44(42)51-43)28-16-8-3-9-17-28/h1-25,49-50H,47H2. The number of rotatable bonds is 3. The molecule has 0 atom stereocenters. The summed E-state index contributed by atoms with van der Waals surface area (Å²) in [5.74, 6) is -0.657. The molecule has 0 fully saturated rings. The van der Waals surface area contributed by atoms with E-state index in [1.165, 1.54) is 0 Å². The first-order valence-electron chi connectivity index (χ1n) is 17.4. The Morgan fingerprint density at radius 1 is 0.415 bits per heavy atom. The van der Waals surface area contributed by atoms with Gasteiger partial charge in [0.15, 0.2) is 11.6 Å². The van der Waals surface area contributed by atoms with Crippen LogP contribution in [-0.4, -0.2) is 31.5 Å². The van der Waals surface area contributed by atoms with Gasteiger partial charge in [-0.2, -0.15) is 0 Å². The molecule has 0 saturated carbocycles. The number of hydrogen-bond donors (Lipinski definition) is 3. The van der Waals surface area contributed by atoms with Crippen LogP contribution >= 0.6 is 0 Å². The summed E-state index contributed by atoms with van der Waals surface area (Å²) in [6.45, 7) is 0. The summed E-state index contributed by atoms with van der Waals surface area (Å²) >= 11 is 0. The Morgan fingerprint density at radius 3 is 1.34 bits per heavy atom. The van der Waals surface area contributed by atoms with Crippen molar-refractivity contribution >= 4 is 57.1 Å². The van der Waals surface area contributed by atoms with Crippen LogP contribution in [0.2, 0.25) is 0 Å². The third kappa shape index (κ3) is 4.75. The van der Waals surface area contributed by atoms with Crippen molar-refractivity contribution in [3.8, 4) is 33.4 Å². The van der Waals surface area contributed by atoms with Crippen molar-refractivity contribution in [3.63, 3.8) is 0 Å². The lowest BCUT2D eigenvalue weighted by Gasteiger charge is -2.08. The van der Waals surface area contributed by atoms with Gasteiger partial charge in [-0.05, 0) is 53.1 Å². The van der Waals surface area contributed by atoms with Gasteiger partial charge in [0.25, 0.3) is 0 Å². The zero-order chi connectivity index (χ0) is 35.6. The van der Waals surface area contributed by atoms with E-state index in [-0.39, 0.29) is 39.7 Å². The number of nitrogens with zero attached hydrogens (tertiary/aromatic N) is 2. The number of Topliss-reactive ketones (excluding diaryl/α,β-unsaturated/α-hetero) is 1. The molecule has 8 bridgehead atoms. The van der Waals surface area contributed by atoms with Crippen molar-refractivity contribution in [2.24, 2.45) is 5.73 Å². The van der Waals surface area contributed by atoms with Gasteiger partial charge in [0.2, 0.25) is 0 Å². The van der Waals surface area contributed by atoms with Crippen LogP contribution in [0.4, 0.5) is 0 Å². The van der Waals surface area contributed by atoms with Crippen LogP contribution in [0.1, 0.15) is 49.1 Å². The molecule has 7 aromatic rings. The van der Waals surface area contributed by atoms with E-state index in [2.05, 4.69) is 22.1 Å². The fourth-order valence-corrected chi connectivity index (χ4v) is 7.71. The predicted octanol–water partition coefficient (Wildman–Crippen LogP) is 9.74. The molecule has 3 aliphatic rings. The third-order valence-corrected chi connectivity index (χ3v) is 10.1. The minimum Gasteiger partial charge on any atom is -0.396 e. The number of aromatic nitrogens is 4. The van der Waals surface area contributed by atoms with Gasteiger partial charge in [0, 0.05) is 44.4 Å². The van der Waals surface area contributed by atoms with Crippen LogP contribution in [0.25, 0.3) is 78.9 Å². The van der Waals surface area contributed by atoms with Gasteiger partial charge >= 0.3 is 0 Å². The summed E-state index contributed by atoms with van der Waals surface area (Å²) < 4.78 is 0. The minimum absolute atomic E-state index is 0.208. The highest BCUT2D eigenvalue weighted by Gasteiger charge is 2.37. The monoisotopic (exact) mass is 683 g/mol. The number of hydrogen-bond acceptors (Lipinski definition) is 5. The number of carbonyl (C=O) groups excluding carboxylic acids is 2. The molecule has 0 saturated heterocycles. The van der Waals surface area contributed by atoms with E-state index in [1.54, 1.807) is 24.3 Å². The summed E-state index contributed by atoms with van der Waals surface area (Å²) in [5.41, 5.74) is 18.8. The second-order valence-electron chi connectivity index (χ2n) is 13.2. The smallest absolute Gasteiger partial charge is 0.198 e. The topological polar surface area (TPSA) is 118 Å². The van der Waals surface area contributed by atoms with E-state index in [4.69, 9.17) is 15.7 Å². The SMILES string of the molecule is NC1=C2C(=O)c3ccccc3C(=O)c3c2nc1c(-c1ccccc1)c1ccc([nH]1)c(-c1ccccc1)c1nc(c(-c2ccccc2)c2ccc3[nH]2)C=C1. The number of ketones is 2. The van der Waals surface area contributed by atoms with Crippen LogP contribution in [0.15, 0.2) is 140 Å². The summed E-state index contributed by atoms with van der Waals surface area (Å²) in [7, 11) is 0. The number of carbonyl (C=O) groups is 2. The fraction of sp³-hybridized carbons (Fsp3) is 0. The summed E-state index contributed by atoms with van der Waals surface area (Å²) in [4.78, 5) is 47.0. The molecule has 5 heterocycles. The molecule has 2 aliphatic heterocycles. The van der Waals surface area contributed by atoms with E-state index in [1.807, 2.05) is 115 Å². The first-order chi connectivity index (χ1) is 26.0.